The highest BCUT2D eigenvalue weighted by Crippen LogP contribution is 2.49. The van der Waals surface area contributed by atoms with Gasteiger partial charge in [-0.1, -0.05) is 19.1 Å². The number of rotatable bonds is 3. The van der Waals surface area contributed by atoms with Gasteiger partial charge in [-0.2, -0.15) is 13.2 Å². The van der Waals surface area contributed by atoms with Crippen molar-refractivity contribution in [3.8, 4) is 11.1 Å². The van der Waals surface area contributed by atoms with Gasteiger partial charge in [0.1, 0.15) is 28.8 Å². The predicted octanol–water partition coefficient (Wildman–Crippen LogP) is 8.34. The van der Waals surface area contributed by atoms with E-state index < -0.39 is 46.1 Å². The van der Waals surface area contributed by atoms with Crippen molar-refractivity contribution in [1.29, 1.82) is 0 Å². The zero-order chi connectivity index (χ0) is 23.2. The molecule has 0 aromatic heterocycles. The molecular weight excluding hydrogens is 433 g/mol. The van der Waals surface area contributed by atoms with Gasteiger partial charge in [0.05, 0.1) is 5.56 Å². The Kier molecular flexibility index (Phi) is 6.12. The molecule has 2 aromatic carbocycles. The topological polar surface area (TPSA) is 0 Å². The number of allylic oxidation sites excluding steroid dienone is 2. The van der Waals surface area contributed by atoms with Crippen LogP contribution in [0, 0.1) is 35.1 Å². The minimum Gasteiger partial charge on any atom is -0.206 e. The highest BCUT2D eigenvalue weighted by atomic mass is 19.4. The molecule has 3 atom stereocenters. The van der Waals surface area contributed by atoms with Gasteiger partial charge in [-0.05, 0) is 91.2 Å². The molecule has 0 radical (unpaired) electrons. The Morgan fingerprint density at radius 1 is 0.938 bits per heavy atom. The van der Waals surface area contributed by atoms with Gasteiger partial charge in [0.15, 0.2) is 0 Å². The molecule has 2 aliphatic rings. The molecule has 0 bridgehead atoms. The van der Waals surface area contributed by atoms with Crippen LogP contribution in [0.5, 0.6) is 0 Å². The van der Waals surface area contributed by atoms with Crippen molar-refractivity contribution in [1.82, 2.24) is 0 Å². The number of hydrogen-bond donors (Lipinski definition) is 0. The summed E-state index contributed by atoms with van der Waals surface area (Å²) >= 11 is 0. The van der Waals surface area contributed by atoms with E-state index in [0.717, 1.165) is 25.7 Å². The molecule has 0 spiro atoms. The Hall–Kier alpha value is -2.31. The minimum absolute atomic E-state index is 0.00385. The van der Waals surface area contributed by atoms with Crippen molar-refractivity contribution in [2.45, 2.75) is 57.5 Å². The van der Waals surface area contributed by atoms with Gasteiger partial charge in [0.2, 0.25) is 0 Å². The van der Waals surface area contributed by atoms with E-state index >= 15 is 8.78 Å². The van der Waals surface area contributed by atoms with E-state index in [-0.39, 0.29) is 5.92 Å². The second kappa shape index (κ2) is 8.56. The van der Waals surface area contributed by atoms with E-state index in [1.165, 1.54) is 6.07 Å². The average Bonchev–Trinajstić information content (AvgIpc) is 2.70. The smallest absolute Gasteiger partial charge is 0.206 e. The maximum atomic E-state index is 15.4. The second-order valence-electron chi connectivity index (χ2n) is 8.74. The summed E-state index contributed by atoms with van der Waals surface area (Å²) in [6.45, 7) is 2.07. The molecule has 0 unspecified atom stereocenters. The fraction of sp³-hybridized carbons (Fsp3) is 0.440. The largest absolute Gasteiger partial charge is 0.422 e. The van der Waals surface area contributed by atoms with Gasteiger partial charge in [-0.15, -0.1) is 0 Å². The molecule has 32 heavy (non-hydrogen) atoms. The van der Waals surface area contributed by atoms with Crippen LogP contribution >= 0.6 is 0 Å². The SMILES string of the molecule is CCC=C[C@@H]1CC[C@@H]2c3cc(F)c(-c4cc(F)c(C(F)(F)F)c(F)c4)c(F)c3CC[C@@H]2C1. The molecule has 0 amide bonds. The Morgan fingerprint density at radius 3 is 2.25 bits per heavy atom. The maximum Gasteiger partial charge on any atom is 0.422 e. The Balaban J connectivity index is 1.72. The van der Waals surface area contributed by atoms with E-state index in [9.17, 15) is 22.0 Å². The molecule has 2 aliphatic carbocycles. The third-order valence-electron chi connectivity index (χ3n) is 6.80. The number of benzene rings is 2. The molecule has 0 saturated heterocycles. The quantitative estimate of drug-likeness (QED) is 0.322. The van der Waals surface area contributed by atoms with Crippen LogP contribution in [0.4, 0.5) is 30.7 Å². The van der Waals surface area contributed by atoms with E-state index in [0.29, 0.717) is 47.9 Å². The first-order valence-corrected chi connectivity index (χ1v) is 10.9. The first-order valence-electron chi connectivity index (χ1n) is 10.9. The lowest BCUT2D eigenvalue weighted by molar-refractivity contribution is -0.142. The summed E-state index contributed by atoms with van der Waals surface area (Å²) in [4.78, 5) is 0. The summed E-state index contributed by atoms with van der Waals surface area (Å²) in [6.07, 6.45) is 3.77. The molecule has 4 rings (SSSR count). The first-order chi connectivity index (χ1) is 15.1. The van der Waals surface area contributed by atoms with Crippen molar-refractivity contribution >= 4 is 0 Å². The van der Waals surface area contributed by atoms with Crippen LogP contribution in [0.2, 0.25) is 0 Å². The average molecular weight is 456 g/mol. The molecule has 2 aromatic rings. The van der Waals surface area contributed by atoms with Gasteiger partial charge in [-0.3, -0.25) is 0 Å². The zero-order valence-corrected chi connectivity index (χ0v) is 17.5. The number of fused-ring (bicyclic) bond motifs is 3. The highest BCUT2D eigenvalue weighted by Gasteiger charge is 2.39. The highest BCUT2D eigenvalue weighted by molar-refractivity contribution is 5.68. The van der Waals surface area contributed by atoms with Gasteiger partial charge >= 0.3 is 6.18 Å². The number of halogens is 7. The summed E-state index contributed by atoms with van der Waals surface area (Å²) in [6, 6.07) is 1.90. The Labute approximate surface area is 182 Å². The van der Waals surface area contributed by atoms with E-state index in [1.807, 2.05) is 0 Å². The fourth-order valence-corrected chi connectivity index (χ4v) is 5.38. The van der Waals surface area contributed by atoms with E-state index in [2.05, 4.69) is 19.1 Å². The normalized spacial score (nSPS) is 23.3. The second-order valence-corrected chi connectivity index (χ2v) is 8.74. The Morgan fingerprint density at radius 2 is 1.62 bits per heavy atom. The molecule has 0 N–H and O–H groups in total. The van der Waals surface area contributed by atoms with Crippen molar-refractivity contribution in [3.63, 3.8) is 0 Å². The van der Waals surface area contributed by atoms with Crippen molar-refractivity contribution in [2.24, 2.45) is 11.8 Å². The van der Waals surface area contributed by atoms with Crippen LogP contribution in [0.25, 0.3) is 11.1 Å². The van der Waals surface area contributed by atoms with Gasteiger partial charge < -0.3 is 0 Å². The molecule has 0 nitrogen and oxygen atoms in total. The van der Waals surface area contributed by atoms with E-state index in [4.69, 9.17) is 0 Å². The molecule has 1 saturated carbocycles. The Bertz CT molecular complexity index is 1030. The summed E-state index contributed by atoms with van der Waals surface area (Å²) in [5.74, 6) is -5.01. The van der Waals surface area contributed by atoms with Crippen molar-refractivity contribution in [2.75, 3.05) is 0 Å². The lowest BCUT2D eigenvalue weighted by Gasteiger charge is -2.40. The molecule has 7 heteroatoms. The molecule has 172 valence electrons. The zero-order valence-electron chi connectivity index (χ0n) is 17.5. The molecule has 1 fully saturated rings. The van der Waals surface area contributed by atoms with E-state index in [1.54, 1.807) is 0 Å². The lowest BCUT2D eigenvalue weighted by Crippen LogP contribution is -2.28. The third kappa shape index (κ3) is 4.06. The third-order valence-corrected chi connectivity index (χ3v) is 6.80. The van der Waals surface area contributed by atoms with Crippen LogP contribution in [-0.4, -0.2) is 0 Å². The van der Waals surface area contributed by atoms with Crippen LogP contribution < -0.4 is 0 Å². The van der Waals surface area contributed by atoms with Crippen LogP contribution in [0.3, 0.4) is 0 Å². The van der Waals surface area contributed by atoms with Crippen LogP contribution in [0.1, 0.15) is 61.6 Å². The number of hydrogen-bond acceptors (Lipinski definition) is 0. The van der Waals surface area contributed by atoms with Gasteiger partial charge in [-0.25, -0.2) is 17.6 Å². The monoisotopic (exact) mass is 456 g/mol. The predicted molar refractivity (Wildman–Crippen MR) is 108 cm³/mol. The summed E-state index contributed by atoms with van der Waals surface area (Å²) < 4.78 is 97.0. The van der Waals surface area contributed by atoms with Crippen LogP contribution in [0.15, 0.2) is 30.4 Å². The molecule has 0 aliphatic heterocycles. The van der Waals surface area contributed by atoms with Crippen molar-refractivity contribution in [3.05, 3.63) is 70.3 Å². The number of alkyl halides is 3. The first kappa shape index (κ1) is 22.9. The maximum absolute atomic E-state index is 15.4. The standard InChI is InChI=1S/C25H23F7/c1-2-3-4-13-5-7-16-14(9-13)6-8-17-18(16)12-19(26)22(24(17)29)15-10-20(27)23(21(28)11-15)25(30,31)32/h3-4,10-14,16H,2,5-9H2,1H3/t13-,14-,16+/m1/s1. The summed E-state index contributed by atoms with van der Waals surface area (Å²) in [5, 5.41) is 0. The van der Waals surface area contributed by atoms with Gasteiger partial charge in [0.25, 0.3) is 0 Å². The fourth-order valence-electron chi connectivity index (χ4n) is 5.38. The van der Waals surface area contributed by atoms with Gasteiger partial charge in [0, 0.05) is 0 Å². The lowest BCUT2D eigenvalue weighted by atomic mass is 9.65. The summed E-state index contributed by atoms with van der Waals surface area (Å²) in [7, 11) is 0. The molecule has 0 heterocycles. The minimum atomic E-state index is -5.25. The summed E-state index contributed by atoms with van der Waals surface area (Å²) in [5.41, 5.74) is -2.47. The van der Waals surface area contributed by atoms with Crippen LogP contribution in [-0.2, 0) is 12.6 Å². The van der Waals surface area contributed by atoms with Crippen molar-refractivity contribution < 1.29 is 30.7 Å². The molecular formula is C25H23F7.